The molecule has 0 aromatic rings. The molecule has 0 saturated carbocycles. The summed E-state index contributed by atoms with van der Waals surface area (Å²) in [6.07, 6.45) is 2.36. The van der Waals surface area contributed by atoms with Crippen LogP contribution in [0.25, 0.3) is 0 Å². The van der Waals surface area contributed by atoms with Crippen LogP contribution in [0.4, 0.5) is 0 Å². The smallest absolute Gasteiger partial charge is 0.236 e. The third-order valence-electron chi connectivity index (χ3n) is 4.17. The Morgan fingerprint density at radius 3 is 2.18 bits per heavy atom. The zero-order valence-corrected chi connectivity index (χ0v) is 15.9. The molecule has 2 unspecified atom stereocenters. The molecule has 1 saturated heterocycles. The molecule has 4 nitrogen and oxygen atoms in total. The summed E-state index contributed by atoms with van der Waals surface area (Å²) in [7, 11) is 0. The first-order valence-electron chi connectivity index (χ1n) is 8.55. The fourth-order valence-corrected chi connectivity index (χ4v) is 3.12. The number of piperidine rings is 1. The average Bonchev–Trinajstić information content (AvgIpc) is 2.37. The van der Waals surface area contributed by atoms with Crippen molar-refractivity contribution in [1.29, 1.82) is 0 Å². The zero-order valence-electron chi connectivity index (χ0n) is 15.0. The van der Waals surface area contributed by atoms with Crippen LogP contribution in [0.2, 0.25) is 0 Å². The van der Waals surface area contributed by atoms with E-state index in [0.717, 1.165) is 32.6 Å². The zero-order chi connectivity index (χ0) is 16.0. The second-order valence-electron chi connectivity index (χ2n) is 7.58. The van der Waals surface area contributed by atoms with Gasteiger partial charge in [0.1, 0.15) is 0 Å². The van der Waals surface area contributed by atoms with Crippen molar-refractivity contribution in [1.82, 2.24) is 9.80 Å². The molecular weight excluding hydrogens is 298 g/mol. The van der Waals surface area contributed by atoms with Crippen molar-refractivity contribution in [3.05, 3.63) is 0 Å². The SMILES string of the molecule is CC(C)CN(CC(C)C)C(=O)CN1CCCC(C(C)N)C1.Cl. The molecule has 0 aromatic heterocycles. The van der Waals surface area contributed by atoms with Crippen LogP contribution in [0.15, 0.2) is 0 Å². The minimum absolute atomic E-state index is 0. The number of carbonyl (C=O) groups excluding carboxylic acids is 1. The largest absolute Gasteiger partial charge is 0.341 e. The fraction of sp³-hybridized carbons (Fsp3) is 0.941. The molecule has 1 fully saturated rings. The lowest BCUT2D eigenvalue weighted by molar-refractivity contribution is -0.134. The highest BCUT2D eigenvalue weighted by atomic mass is 35.5. The summed E-state index contributed by atoms with van der Waals surface area (Å²) in [6, 6.07) is 0.227. The third kappa shape index (κ3) is 7.80. The lowest BCUT2D eigenvalue weighted by Crippen LogP contribution is -2.48. The van der Waals surface area contributed by atoms with Gasteiger partial charge < -0.3 is 10.6 Å². The summed E-state index contributed by atoms with van der Waals surface area (Å²) in [6.45, 7) is 15.1. The van der Waals surface area contributed by atoms with Crippen molar-refractivity contribution < 1.29 is 4.79 Å². The summed E-state index contributed by atoms with van der Waals surface area (Å²) in [5.74, 6) is 1.86. The van der Waals surface area contributed by atoms with Gasteiger partial charge in [-0.3, -0.25) is 9.69 Å². The quantitative estimate of drug-likeness (QED) is 0.779. The van der Waals surface area contributed by atoms with Crippen molar-refractivity contribution in [2.24, 2.45) is 23.5 Å². The standard InChI is InChI=1S/C17H35N3O.ClH/c1-13(2)9-20(10-14(3)4)17(21)12-19-8-6-7-16(11-19)15(5)18;/h13-16H,6-12,18H2,1-5H3;1H. The first-order chi connectivity index (χ1) is 9.79. The van der Waals surface area contributed by atoms with E-state index in [9.17, 15) is 4.79 Å². The number of carbonyl (C=O) groups is 1. The Hall–Kier alpha value is -0.320. The van der Waals surface area contributed by atoms with Crippen LogP contribution < -0.4 is 5.73 Å². The van der Waals surface area contributed by atoms with Crippen LogP contribution in [0, 0.1) is 17.8 Å². The maximum Gasteiger partial charge on any atom is 0.236 e. The van der Waals surface area contributed by atoms with E-state index >= 15 is 0 Å². The Kier molecular flexibility index (Phi) is 10.3. The van der Waals surface area contributed by atoms with Gasteiger partial charge in [-0.1, -0.05) is 27.7 Å². The number of hydrogen-bond donors (Lipinski definition) is 1. The van der Waals surface area contributed by atoms with E-state index in [0.29, 0.717) is 24.3 Å². The summed E-state index contributed by atoms with van der Waals surface area (Å²) in [5.41, 5.74) is 6.03. The molecule has 0 spiro atoms. The number of likely N-dealkylation sites (tertiary alicyclic amines) is 1. The van der Waals surface area contributed by atoms with Crippen LogP contribution in [0.5, 0.6) is 0 Å². The molecule has 2 N–H and O–H groups in total. The molecule has 0 bridgehead atoms. The van der Waals surface area contributed by atoms with Crippen molar-refractivity contribution in [3.63, 3.8) is 0 Å². The van der Waals surface area contributed by atoms with Gasteiger partial charge in [0, 0.05) is 25.7 Å². The van der Waals surface area contributed by atoms with Crippen LogP contribution in [-0.2, 0) is 4.79 Å². The Bertz CT molecular complexity index is 311. The molecule has 2 atom stereocenters. The normalized spacial score (nSPS) is 20.8. The highest BCUT2D eigenvalue weighted by molar-refractivity contribution is 5.85. The van der Waals surface area contributed by atoms with E-state index in [1.54, 1.807) is 0 Å². The van der Waals surface area contributed by atoms with Gasteiger partial charge >= 0.3 is 0 Å². The summed E-state index contributed by atoms with van der Waals surface area (Å²) >= 11 is 0. The maximum atomic E-state index is 12.6. The van der Waals surface area contributed by atoms with E-state index in [1.165, 1.54) is 6.42 Å². The van der Waals surface area contributed by atoms with Gasteiger partial charge in [0.2, 0.25) is 5.91 Å². The van der Waals surface area contributed by atoms with Gasteiger partial charge in [-0.05, 0) is 44.1 Å². The number of amides is 1. The first kappa shape index (κ1) is 21.7. The van der Waals surface area contributed by atoms with Crippen molar-refractivity contribution >= 4 is 18.3 Å². The number of nitrogens with zero attached hydrogens (tertiary/aromatic N) is 2. The highest BCUT2D eigenvalue weighted by Gasteiger charge is 2.25. The third-order valence-corrected chi connectivity index (χ3v) is 4.17. The molecule has 132 valence electrons. The van der Waals surface area contributed by atoms with Crippen molar-refractivity contribution in [2.75, 3.05) is 32.7 Å². The van der Waals surface area contributed by atoms with Crippen molar-refractivity contribution in [3.8, 4) is 0 Å². The topological polar surface area (TPSA) is 49.6 Å². The molecule has 0 radical (unpaired) electrons. The molecule has 1 heterocycles. The highest BCUT2D eigenvalue weighted by Crippen LogP contribution is 2.18. The minimum atomic E-state index is 0. The molecule has 1 rings (SSSR count). The van der Waals surface area contributed by atoms with E-state index in [4.69, 9.17) is 5.73 Å². The van der Waals surface area contributed by atoms with E-state index in [1.807, 2.05) is 4.90 Å². The van der Waals surface area contributed by atoms with Crippen LogP contribution in [0.3, 0.4) is 0 Å². The molecule has 1 aliphatic rings. The summed E-state index contributed by atoms with van der Waals surface area (Å²) in [4.78, 5) is 17.0. The van der Waals surface area contributed by atoms with Gasteiger partial charge in [-0.15, -0.1) is 12.4 Å². The Morgan fingerprint density at radius 2 is 1.73 bits per heavy atom. The second-order valence-corrected chi connectivity index (χ2v) is 7.58. The van der Waals surface area contributed by atoms with Gasteiger partial charge in [0.05, 0.1) is 6.54 Å². The van der Waals surface area contributed by atoms with Crippen molar-refractivity contribution in [2.45, 2.75) is 53.5 Å². The molecule has 1 amide bonds. The Labute approximate surface area is 143 Å². The molecule has 22 heavy (non-hydrogen) atoms. The lowest BCUT2D eigenvalue weighted by atomic mass is 9.92. The predicted octanol–water partition coefficient (Wildman–Crippen LogP) is 2.61. The predicted molar refractivity (Wildman–Crippen MR) is 96.3 cm³/mol. The number of nitrogens with two attached hydrogens (primary N) is 1. The summed E-state index contributed by atoms with van der Waals surface area (Å²) < 4.78 is 0. The number of hydrogen-bond acceptors (Lipinski definition) is 3. The Morgan fingerprint density at radius 1 is 1.18 bits per heavy atom. The number of halogens is 1. The van der Waals surface area contributed by atoms with E-state index in [2.05, 4.69) is 39.5 Å². The second kappa shape index (κ2) is 10.5. The van der Waals surface area contributed by atoms with Gasteiger partial charge in [0.15, 0.2) is 0 Å². The lowest BCUT2D eigenvalue weighted by Gasteiger charge is -2.36. The van der Waals surface area contributed by atoms with Crippen LogP contribution >= 0.6 is 12.4 Å². The molecule has 1 aliphatic heterocycles. The van der Waals surface area contributed by atoms with Crippen LogP contribution in [0.1, 0.15) is 47.5 Å². The molecular formula is C17H36ClN3O. The van der Waals surface area contributed by atoms with Crippen LogP contribution in [-0.4, -0.2) is 54.5 Å². The molecule has 0 aromatic carbocycles. The molecule has 0 aliphatic carbocycles. The number of rotatable bonds is 7. The molecule has 5 heteroatoms. The van der Waals surface area contributed by atoms with Gasteiger partial charge in [-0.25, -0.2) is 0 Å². The van der Waals surface area contributed by atoms with Gasteiger partial charge in [-0.2, -0.15) is 0 Å². The first-order valence-corrected chi connectivity index (χ1v) is 8.55. The Balaban J connectivity index is 0.00000441. The summed E-state index contributed by atoms with van der Waals surface area (Å²) in [5, 5.41) is 0. The minimum Gasteiger partial charge on any atom is -0.341 e. The maximum absolute atomic E-state index is 12.6. The van der Waals surface area contributed by atoms with E-state index in [-0.39, 0.29) is 24.4 Å². The van der Waals surface area contributed by atoms with Gasteiger partial charge in [0.25, 0.3) is 0 Å². The fourth-order valence-electron chi connectivity index (χ4n) is 3.12. The van der Waals surface area contributed by atoms with E-state index < -0.39 is 0 Å². The average molecular weight is 334 g/mol. The monoisotopic (exact) mass is 333 g/mol.